The van der Waals surface area contributed by atoms with Gasteiger partial charge in [0.05, 0.1) is 5.03 Å². The van der Waals surface area contributed by atoms with Gasteiger partial charge in [-0.1, -0.05) is 6.07 Å². The summed E-state index contributed by atoms with van der Waals surface area (Å²) in [6.07, 6.45) is 0. The zero-order chi connectivity index (χ0) is 14.8. The highest BCUT2D eigenvalue weighted by Gasteiger charge is 2.16. The van der Waals surface area contributed by atoms with Crippen LogP contribution >= 0.6 is 11.8 Å². The van der Waals surface area contributed by atoms with Crippen LogP contribution in [0.5, 0.6) is 11.5 Å². The minimum absolute atomic E-state index is 0.0629. The predicted octanol–water partition coefficient (Wildman–Crippen LogP) is 3.22. The van der Waals surface area contributed by atoms with Crippen molar-refractivity contribution in [2.45, 2.75) is 24.9 Å². The first-order chi connectivity index (χ1) is 10.1. The Balaban J connectivity index is 1.67. The van der Waals surface area contributed by atoms with E-state index in [2.05, 4.69) is 24.0 Å². The van der Waals surface area contributed by atoms with Crippen LogP contribution in [0.25, 0.3) is 0 Å². The third kappa shape index (κ3) is 3.31. The van der Waals surface area contributed by atoms with Crippen molar-refractivity contribution in [2.24, 2.45) is 5.73 Å². The fourth-order valence-electron chi connectivity index (χ4n) is 2.29. The van der Waals surface area contributed by atoms with Crippen LogP contribution < -0.4 is 15.2 Å². The third-order valence-corrected chi connectivity index (χ3v) is 4.34. The monoisotopic (exact) mass is 302 g/mol. The van der Waals surface area contributed by atoms with Gasteiger partial charge >= 0.3 is 0 Å². The van der Waals surface area contributed by atoms with Crippen LogP contribution in [0.2, 0.25) is 0 Å². The zero-order valence-corrected chi connectivity index (χ0v) is 12.9. The van der Waals surface area contributed by atoms with Crippen LogP contribution in [0.3, 0.4) is 0 Å². The van der Waals surface area contributed by atoms with Gasteiger partial charge in [-0.25, -0.2) is 4.98 Å². The number of hydrogen-bond acceptors (Lipinski definition) is 5. The molecule has 1 unspecified atom stereocenters. The average Bonchev–Trinajstić information content (AvgIpc) is 2.91. The molecule has 4 nitrogen and oxygen atoms in total. The topological polar surface area (TPSA) is 57.4 Å². The Morgan fingerprint density at radius 1 is 1.19 bits per heavy atom. The summed E-state index contributed by atoms with van der Waals surface area (Å²) in [5, 5.41) is 1.02. The summed E-state index contributed by atoms with van der Waals surface area (Å²) >= 11 is 1.68. The maximum absolute atomic E-state index is 6.27. The predicted molar refractivity (Wildman–Crippen MR) is 83.9 cm³/mol. The molecule has 1 aromatic heterocycles. The number of thioether (sulfide) groups is 1. The van der Waals surface area contributed by atoms with Crippen LogP contribution in [-0.4, -0.2) is 17.5 Å². The van der Waals surface area contributed by atoms with Gasteiger partial charge in [-0.05, 0) is 49.2 Å². The van der Waals surface area contributed by atoms with Gasteiger partial charge in [0.2, 0.25) is 6.79 Å². The summed E-state index contributed by atoms with van der Waals surface area (Å²) in [4.78, 5) is 4.52. The van der Waals surface area contributed by atoms with Crippen molar-refractivity contribution in [1.29, 1.82) is 0 Å². The van der Waals surface area contributed by atoms with Gasteiger partial charge in [0.25, 0.3) is 0 Å². The van der Waals surface area contributed by atoms with Crippen molar-refractivity contribution in [2.75, 3.05) is 12.5 Å². The molecule has 21 heavy (non-hydrogen) atoms. The van der Waals surface area contributed by atoms with Crippen molar-refractivity contribution in [3.63, 3.8) is 0 Å². The van der Waals surface area contributed by atoms with E-state index in [0.29, 0.717) is 0 Å². The van der Waals surface area contributed by atoms with E-state index in [1.54, 1.807) is 11.8 Å². The molecule has 0 saturated carbocycles. The second-order valence-corrected chi connectivity index (χ2v) is 6.19. The molecule has 0 fully saturated rings. The Hall–Kier alpha value is -1.72. The average molecular weight is 302 g/mol. The standard InChI is InChI=1S/C16H18N2O2S/c1-10-5-11(2)18-16(6-10)21-8-13(17)12-3-4-14-15(7-12)20-9-19-14/h3-7,13H,8-9,17H2,1-2H3. The fourth-order valence-corrected chi connectivity index (χ4v) is 3.31. The van der Waals surface area contributed by atoms with E-state index in [-0.39, 0.29) is 12.8 Å². The summed E-state index contributed by atoms with van der Waals surface area (Å²) < 4.78 is 10.7. The normalized spacial score (nSPS) is 14.2. The largest absolute Gasteiger partial charge is 0.454 e. The SMILES string of the molecule is Cc1cc(C)nc(SCC(N)c2ccc3c(c2)OCO3)c1. The molecular formula is C16H18N2O2S. The first-order valence-corrected chi connectivity index (χ1v) is 7.83. The van der Waals surface area contributed by atoms with Crippen LogP contribution in [0.1, 0.15) is 22.9 Å². The smallest absolute Gasteiger partial charge is 0.231 e. The summed E-state index contributed by atoms with van der Waals surface area (Å²) in [6.45, 7) is 4.38. The Morgan fingerprint density at radius 2 is 2.00 bits per heavy atom. The molecule has 0 amide bonds. The maximum atomic E-state index is 6.27. The Kier molecular flexibility index (Phi) is 4.03. The first-order valence-electron chi connectivity index (χ1n) is 6.85. The van der Waals surface area contributed by atoms with E-state index < -0.39 is 0 Å². The number of ether oxygens (including phenoxy) is 2. The summed E-state index contributed by atoms with van der Waals surface area (Å²) in [5.74, 6) is 2.34. The van der Waals surface area contributed by atoms with Crippen molar-refractivity contribution in [1.82, 2.24) is 4.98 Å². The molecule has 0 aliphatic carbocycles. The molecule has 110 valence electrons. The van der Waals surface area contributed by atoms with Gasteiger partial charge in [-0.3, -0.25) is 0 Å². The molecule has 5 heteroatoms. The quantitative estimate of drug-likeness (QED) is 0.879. The van der Waals surface area contributed by atoms with Gasteiger partial charge in [0.15, 0.2) is 11.5 Å². The van der Waals surface area contributed by atoms with Crippen molar-refractivity contribution < 1.29 is 9.47 Å². The molecule has 2 heterocycles. The van der Waals surface area contributed by atoms with Crippen molar-refractivity contribution >= 4 is 11.8 Å². The molecule has 0 saturated heterocycles. The van der Waals surface area contributed by atoms with E-state index in [1.165, 1.54) is 5.56 Å². The first kappa shape index (κ1) is 14.2. The molecule has 3 rings (SSSR count). The van der Waals surface area contributed by atoms with Crippen LogP contribution in [0, 0.1) is 13.8 Å². The number of hydrogen-bond donors (Lipinski definition) is 1. The van der Waals surface area contributed by atoms with Crippen LogP contribution in [0.4, 0.5) is 0 Å². The maximum Gasteiger partial charge on any atom is 0.231 e. The van der Waals surface area contributed by atoms with E-state index in [4.69, 9.17) is 15.2 Å². The minimum Gasteiger partial charge on any atom is -0.454 e. The third-order valence-electron chi connectivity index (χ3n) is 3.31. The van der Waals surface area contributed by atoms with Gasteiger partial charge in [0.1, 0.15) is 0 Å². The molecule has 0 spiro atoms. The molecular weight excluding hydrogens is 284 g/mol. The lowest BCUT2D eigenvalue weighted by Crippen LogP contribution is -2.13. The Bertz CT molecular complexity index is 640. The number of nitrogens with zero attached hydrogens (tertiary/aromatic N) is 1. The Labute approximate surface area is 128 Å². The van der Waals surface area contributed by atoms with Gasteiger partial charge in [-0.15, -0.1) is 11.8 Å². The van der Waals surface area contributed by atoms with Crippen LogP contribution in [0.15, 0.2) is 35.4 Å². The van der Waals surface area contributed by atoms with Gasteiger partial charge in [0, 0.05) is 17.5 Å². The fraction of sp³-hybridized carbons (Fsp3) is 0.312. The number of aromatic nitrogens is 1. The highest BCUT2D eigenvalue weighted by Crippen LogP contribution is 2.34. The van der Waals surface area contributed by atoms with E-state index in [0.717, 1.165) is 33.5 Å². The summed E-state index contributed by atoms with van der Waals surface area (Å²) in [6, 6.07) is 9.96. The van der Waals surface area contributed by atoms with E-state index in [9.17, 15) is 0 Å². The lowest BCUT2D eigenvalue weighted by Gasteiger charge is -2.12. The molecule has 2 N–H and O–H groups in total. The summed E-state index contributed by atoms with van der Waals surface area (Å²) in [5.41, 5.74) is 9.58. The molecule has 1 atom stereocenters. The molecule has 2 aromatic rings. The molecule has 1 aliphatic heterocycles. The second-order valence-electron chi connectivity index (χ2n) is 5.15. The second kappa shape index (κ2) is 5.95. The Morgan fingerprint density at radius 3 is 2.81 bits per heavy atom. The number of benzene rings is 1. The number of rotatable bonds is 4. The van der Waals surface area contributed by atoms with Gasteiger partial charge < -0.3 is 15.2 Å². The van der Waals surface area contributed by atoms with Crippen molar-refractivity contribution in [3.8, 4) is 11.5 Å². The molecule has 1 aromatic carbocycles. The number of pyridine rings is 1. The van der Waals surface area contributed by atoms with Crippen LogP contribution in [-0.2, 0) is 0 Å². The lowest BCUT2D eigenvalue weighted by molar-refractivity contribution is 0.174. The number of fused-ring (bicyclic) bond motifs is 1. The number of nitrogens with two attached hydrogens (primary N) is 1. The zero-order valence-electron chi connectivity index (χ0n) is 12.1. The minimum atomic E-state index is -0.0629. The number of aryl methyl sites for hydroxylation is 2. The van der Waals surface area contributed by atoms with Crippen molar-refractivity contribution in [3.05, 3.63) is 47.2 Å². The van der Waals surface area contributed by atoms with E-state index >= 15 is 0 Å². The van der Waals surface area contributed by atoms with E-state index in [1.807, 2.05) is 25.1 Å². The molecule has 0 bridgehead atoms. The lowest BCUT2D eigenvalue weighted by atomic mass is 10.1. The van der Waals surface area contributed by atoms with Gasteiger partial charge in [-0.2, -0.15) is 0 Å². The summed E-state index contributed by atoms with van der Waals surface area (Å²) in [7, 11) is 0. The molecule has 0 radical (unpaired) electrons. The highest BCUT2D eigenvalue weighted by molar-refractivity contribution is 7.99. The highest BCUT2D eigenvalue weighted by atomic mass is 32.2. The molecule has 1 aliphatic rings.